The van der Waals surface area contributed by atoms with E-state index >= 15 is 0 Å². The molecule has 29 heavy (non-hydrogen) atoms. The molecule has 148 valence electrons. The van der Waals surface area contributed by atoms with E-state index in [0.717, 1.165) is 16.9 Å². The van der Waals surface area contributed by atoms with E-state index in [1.807, 2.05) is 96.8 Å². The molecule has 0 saturated carbocycles. The second-order valence-corrected chi connectivity index (χ2v) is 7.35. The maximum atomic E-state index is 13.0. The zero-order valence-corrected chi connectivity index (χ0v) is 16.5. The van der Waals surface area contributed by atoms with Crippen LogP contribution in [0, 0.1) is 0 Å². The van der Waals surface area contributed by atoms with Crippen LogP contribution in [0.2, 0.25) is 0 Å². The molecule has 1 aliphatic rings. The molecule has 0 N–H and O–H groups in total. The summed E-state index contributed by atoms with van der Waals surface area (Å²) in [6.07, 6.45) is -0.108. The highest BCUT2D eigenvalue weighted by atomic mass is 16.5. The van der Waals surface area contributed by atoms with Crippen LogP contribution in [0.15, 0.2) is 84.9 Å². The Hall–Kier alpha value is -3.11. The molecule has 2 unspecified atom stereocenters. The average molecular weight is 387 g/mol. The predicted octanol–water partition coefficient (Wildman–Crippen LogP) is 4.87. The lowest BCUT2D eigenvalue weighted by molar-refractivity contribution is -0.0691. The van der Waals surface area contributed by atoms with Crippen molar-refractivity contribution in [2.75, 3.05) is 13.1 Å². The first-order chi connectivity index (χ1) is 14.2. The molecule has 3 aromatic carbocycles. The van der Waals surface area contributed by atoms with Gasteiger partial charge < -0.3 is 14.4 Å². The summed E-state index contributed by atoms with van der Waals surface area (Å²) < 4.78 is 11.9. The number of benzene rings is 3. The second-order valence-electron chi connectivity index (χ2n) is 7.35. The van der Waals surface area contributed by atoms with Gasteiger partial charge in [-0.05, 0) is 42.3 Å². The molecule has 3 aromatic rings. The molecule has 1 heterocycles. The fourth-order valence-corrected chi connectivity index (χ4v) is 3.59. The minimum atomic E-state index is -0.0996. The molecule has 1 saturated heterocycles. The van der Waals surface area contributed by atoms with Crippen molar-refractivity contribution in [3.8, 4) is 5.75 Å². The van der Waals surface area contributed by atoms with Crippen LogP contribution < -0.4 is 4.74 Å². The molecule has 4 rings (SSSR count). The van der Waals surface area contributed by atoms with Crippen LogP contribution >= 0.6 is 0 Å². The number of hydrogen-bond acceptors (Lipinski definition) is 3. The number of nitrogens with zero attached hydrogens (tertiary/aromatic N) is 1. The van der Waals surface area contributed by atoms with Crippen molar-refractivity contribution in [2.24, 2.45) is 0 Å². The van der Waals surface area contributed by atoms with Crippen molar-refractivity contribution in [1.29, 1.82) is 0 Å². The van der Waals surface area contributed by atoms with Gasteiger partial charge in [-0.25, -0.2) is 0 Å². The van der Waals surface area contributed by atoms with Crippen LogP contribution in [0.1, 0.15) is 34.5 Å². The molecule has 1 fully saturated rings. The van der Waals surface area contributed by atoms with Crippen LogP contribution in [0.5, 0.6) is 5.75 Å². The van der Waals surface area contributed by atoms with Gasteiger partial charge in [0.05, 0.1) is 12.6 Å². The fourth-order valence-electron chi connectivity index (χ4n) is 3.59. The Balaban J connectivity index is 1.40. The summed E-state index contributed by atoms with van der Waals surface area (Å²) >= 11 is 0. The summed E-state index contributed by atoms with van der Waals surface area (Å²) in [5.74, 6) is 0.776. The summed E-state index contributed by atoms with van der Waals surface area (Å²) in [6, 6.07) is 27.5. The number of amides is 1. The van der Waals surface area contributed by atoms with Crippen LogP contribution in [0.4, 0.5) is 0 Å². The number of rotatable bonds is 5. The van der Waals surface area contributed by atoms with Crippen LogP contribution in [0.25, 0.3) is 0 Å². The standard InChI is InChI=1S/C25H25NO3/c1-19-16-26(17-24(29-19)21-10-6-3-7-11-21)25(27)22-12-14-23(15-13-22)28-18-20-8-4-2-5-9-20/h2-15,19,24H,16-18H2,1H3. The van der Waals surface area contributed by atoms with E-state index in [0.29, 0.717) is 25.3 Å². The highest BCUT2D eigenvalue weighted by molar-refractivity contribution is 5.94. The van der Waals surface area contributed by atoms with Crippen molar-refractivity contribution in [3.63, 3.8) is 0 Å². The Morgan fingerprint density at radius 3 is 2.28 bits per heavy atom. The van der Waals surface area contributed by atoms with Gasteiger partial charge in [-0.3, -0.25) is 4.79 Å². The smallest absolute Gasteiger partial charge is 0.254 e. The van der Waals surface area contributed by atoms with Crippen molar-refractivity contribution in [2.45, 2.75) is 25.7 Å². The topological polar surface area (TPSA) is 38.8 Å². The number of hydrogen-bond donors (Lipinski definition) is 0. The van der Waals surface area contributed by atoms with E-state index in [-0.39, 0.29) is 18.1 Å². The van der Waals surface area contributed by atoms with Crippen molar-refractivity contribution >= 4 is 5.91 Å². The second kappa shape index (κ2) is 8.93. The lowest BCUT2D eigenvalue weighted by atomic mass is 10.1. The number of morpholine rings is 1. The molecule has 0 radical (unpaired) electrons. The summed E-state index contributed by atoms with van der Waals surface area (Å²) in [7, 11) is 0. The van der Waals surface area contributed by atoms with Gasteiger partial charge >= 0.3 is 0 Å². The minimum absolute atomic E-state index is 0.00798. The van der Waals surface area contributed by atoms with Gasteiger partial charge in [0.15, 0.2) is 0 Å². The first-order valence-electron chi connectivity index (χ1n) is 9.95. The van der Waals surface area contributed by atoms with Gasteiger partial charge in [0.25, 0.3) is 5.91 Å². The zero-order chi connectivity index (χ0) is 20.1. The predicted molar refractivity (Wildman–Crippen MR) is 113 cm³/mol. The summed E-state index contributed by atoms with van der Waals surface area (Å²) in [5, 5.41) is 0. The number of carbonyl (C=O) groups is 1. The highest BCUT2D eigenvalue weighted by Gasteiger charge is 2.29. The lowest BCUT2D eigenvalue weighted by Gasteiger charge is -2.37. The SMILES string of the molecule is CC1CN(C(=O)c2ccc(OCc3ccccc3)cc2)CC(c2ccccc2)O1. The van der Waals surface area contributed by atoms with Crippen LogP contribution in [-0.2, 0) is 11.3 Å². The first kappa shape index (κ1) is 19.2. The Morgan fingerprint density at radius 2 is 1.59 bits per heavy atom. The molecule has 0 spiro atoms. The Kier molecular flexibility index (Phi) is 5.92. The highest BCUT2D eigenvalue weighted by Crippen LogP contribution is 2.26. The monoisotopic (exact) mass is 387 g/mol. The van der Waals surface area contributed by atoms with E-state index in [1.54, 1.807) is 0 Å². The third-order valence-electron chi connectivity index (χ3n) is 5.07. The van der Waals surface area contributed by atoms with Crippen molar-refractivity contribution in [1.82, 2.24) is 4.90 Å². The quantitative estimate of drug-likeness (QED) is 0.627. The van der Waals surface area contributed by atoms with E-state index < -0.39 is 0 Å². The minimum Gasteiger partial charge on any atom is -0.489 e. The van der Waals surface area contributed by atoms with Gasteiger partial charge in [-0.1, -0.05) is 60.7 Å². The van der Waals surface area contributed by atoms with E-state index in [9.17, 15) is 4.79 Å². The molecule has 1 amide bonds. The number of ether oxygens (including phenoxy) is 2. The number of carbonyl (C=O) groups excluding carboxylic acids is 1. The van der Waals surface area contributed by atoms with Crippen LogP contribution in [-0.4, -0.2) is 30.0 Å². The molecule has 0 aliphatic carbocycles. The largest absolute Gasteiger partial charge is 0.489 e. The Bertz CT molecular complexity index is 925. The van der Waals surface area contributed by atoms with E-state index in [4.69, 9.17) is 9.47 Å². The molecule has 4 nitrogen and oxygen atoms in total. The third-order valence-corrected chi connectivity index (χ3v) is 5.07. The summed E-state index contributed by atoms with van der Waals surface area (Å²) in [4.78, 5) is 14.9. The van der Waals surface area contributed by atoms with Crippen LogP contribution in [0.3, 0.4) is 0 Å². The molecule has 0 aromatic heterocycles. The molecule has 1 aliphatic heterocycles. The first-order valence-corrected chi connectivity index (χ1v) is 9.95. The molecule has 0 bridgehead atoms. The van der Waals surface area contributed by atoms with E-state index in [1.165, 1.54) is 0 Å². The van der Waals surface area contributed by atoms with E-state index in [2.05, 4.69) is 0 Å². The fraction of sp³-hybridized carbons (Fsp3) is 0.240. The average Bonchev–Trinajstić information content (AvgIpc) is 2.78. The summed E-state index contributed by atoms with van der Waals surface area (Å²) in [6.45, 7) is 3.66. The third kappa shape index (κ3) is 4.84. The molecule has 4 heteroatoms. The molecule has 2 atom stereocenters. The van der Waals surface area contributed by atoms with Crippen molar-refractivity contribution in [3.05, 3.63) is 102 Å². The lowest BCUT2D eigenvalue weighted by Crippen LogP contribution is -2.45. The van der Waals surface area contributed by atoms with Gasteiger partial charge in [0.2, 0.25) is 0 Å². The molecular weight excluding hydrogens is 362 g/mol. The zero-order valence-electron chi connectivity index (χ0n) is 16.5. The Labute approximate surface area is 171 Å². The van der Waals surface area contributed by atoms with Gasteiger partial charge in [-0.2, -0.15) is 0 Å². The van der Waals surface area contributed by atoms with Gasteiger partial charge in [-0.15, -0.1) is 0 Å². The molecular formula is C25H25NO3. The Morgan fingerprint density at radius 1 is 0.931 bits per heavy atom. The maximum absolute atomic E-state index is 13.0. The normalized spacial score (nSPS) is 19.0. The van der Waals surface area contributed by atoms with Gasteiger partial charge in [0, 0.05) is 12.1 Å². The van der Waals surface area contributed by atoms with Crippen molar-refractivity contribution < 1.29 is 14.3 Å². The summed E-state index contributed by atoms with van der Waals surface area (Å²) in [5.41, 5.74) is 2.88. The van der Waals surface area contributed by atoms with Gasteiger partial charge in [0.1, 0.15) is 18.5 Å². The maximum Gasteiger partial charge on any atom is 0.254 e.